The lowest BCUT2D eigenvalue weighted by Crippen LogP contribution is -2.06. The minimum atomic E-state index is -4.33. The van der Waals surface area contributed by atoms with Crippen LogP contribution in [0.5, 0.6) is 0 Å². The van der Waals surface area contributed by atoms with Crippen LogP contribution in [0.15, 0.2) is 35.2 Å². The molecule has 3 nitrogen and oxygen atoms in total. The lowest BCUT2D eigenvalue weighted by molar-refractivity contribution is -0.137. The van der Waals surface area contributed by atoms with Gasteiger partial charge in [-0.25, -0.2) is 4.98 Å². The number of halogens is 4. The molecule has 0 amide bonds. The van der Waals surface area contributed by atoms with Crippen LogP contribution in [0.1, 0.15) is 11.3 Å². The average Bonchev–Trinajstić information content (AvgIpc) is 2.79. The monoisotopic (exact) mass is 319 g/mol. The van der Waals surface area contributed by atoms with Gasteiger partial charge >= 0.3 is 6.18 Å². The molecule has 0 atom stereocenters. The van der Waals surface area contributed by atoms with Crippen LogP contribution >= 0.6 is 15.9 Å². The molecule has 0 unspecified atom stereocenters. The highest BCUT2D eigenvalue weighted by atomic mass is 79.9. The van der Waals surface area contributed by atoms with Gasteiger partial charge < -0.3 is 10.3 Å². The molecule has 0 aliphatic rings. The molecule has 0 aliphatic heterocycles. The molecular weight excluding hydrogens is 311 g/mol. The van der Waals surface area contributed by atoms with E-state index in [2.05, 4.69) is 31.2 Å². The number of hydrogen-bond donors (Lipinski definition) is 2. The maximum Gasteiger partial charge on any atom is 0.416 e. The zero-order valence-electron chi connectivity index (χ0n) is 9.05. The van der Waals surface area contributed by atoms with Crippen molar-refractivity contribution in [3.63, 3.8) is 0 Å². The van der Waals surface area contributed by atoms with Gasteiger partial charge in [-0.3, -0.25) is 0 Å². The number of aromatic nitrogens is 2. The van der Waals surface area contributed by atoms with E-state index in [0.29, 0.717) is 16.7 Å². The van der Waals surface area contributed by atoms with Gasteiger partial charge in [0.2, 0.25) is 0 Å². The van der Waals surface area contributed by atoms with Crippen molar-refractivity contribution in [1.82, 2.24) is 9.97 Å². The summed E-state index contributed by atoms with van der Waals surface area (Å²) in [4.78, 5) is 6.74. The van der Waals surface area contributed by atoms with Gasteiger partial charge in [-0.15, -0.1) is 0 Å². The standard InChI is InChI=1S/C11H9BrF3N3/c12-9-3-7(11(13,14)15)1-2-10(9)17-5-8-4-16-6-18-8/h1-4,6,17H,5H2,(H,16,18). The fourth-order valence-electron chi connectivity index (χ4n) is 1.41. The number of benzene rings is 1. The molecule has 0 saturated carbocycles. The Hall–Kier alpha value is -1.50. The third-order valence-corrected chi connectivity index (χ3v) is 2.98. The molecule has 0 fully saturated rings. The molecule has 1 aromatic heterocycles. The first kappa shape index (κ1) is 12.9. The molecule has 18 heavy (non-hydrogen) atoms. The molecule has 96 valence electrons. The van der Waals surface area contributed by atoms with Crippen molar-refractivity contribution in [2.45, 2.75) is 12.7 Å². The van der Waals surface area contributed by atoms with E-state index < -0.39 is 11.7 Å². The van der Waals surface area contributed by atoms with Gasteiger partial charge in [0, 0.05) is 16.4 Å². The lowest BCUT2D eigenvalue weighted by atomic mass is 10.2. The number of aromatic amines is 1. The Kier molecular flexibility index (Phi) is 3.60. The summed E-state index contributed by atoms with van der Waals surface area (Å²) in [5.41, 5.74) is 0.765. The highest BCUT2D eigenvalue weighted by molar-refractivity contribution is 9.10. The maximum absolute atomic E-state index is 12.5. The first-order valence-corrected chi connectivity index (χ1v) is 5.84. The van der Waals surface area contributed by atoms with E-state index in [4.69, 9.17) is 0 Å². The van der Waals surface area contributed by atoms with Crippen molar-refractivity contribution in [2.24, 2.45) is 0 Å². The molecule has 2 aromatic rings. The molecule has 0 spiro atoms. The van der Waals surface area contributed by atoms with Crippen molar-refractivity contribution in [2.75, 3.05) is 5.32 Å². The van der Waals surface area contributed by atoms with Gasteiger partial charge in [-0.1, -0.05) is 0 Å². The van der Waals surface area contributed by atoms with Crippen LogP contribution in [0.4, 0.5) is 18.9 Å². The Bertz CT molecular complexity index is 523. The van der Waals surface area contributed by atoms with E-state index in [1.54, 1.807) is 12.5 Å². The predicted octanol–water partition coefficient (Wildman–Crippen LogP) is 3.80. The molecule has 0 bridgehead atoms. The zero-order chi connectivity index (χ0) is 13.2. The topological polar surface area (TPSA) is 40.7 Å². The second-order valence-corrected chi connectivity index (χ2v) is 4.48. The van der Waals surface area contributed by atoms with Crippen molar-refractivity contribution in [1.29, 1.82) is 0 Å². The van der Waals surface area contributed by atoms with Crippen molar-refractivity contribution in [3.8, 4) is 0 Å². The summed E-state index contributed by atoms with van der Waals surface area (Å²) >= 11 is 3.12. The smallest absolute Gasteiger partial charge is 0.379 e. The number of alkyl halides is 3. The number of nitrogens with zero attached hydrogens (tertiary/aromatic N) is 1. The van der Waals surface area contributed by atoms with Crippen molar-refractivity contribution in [3.05, 3.63) is 46.5 Å². The molecule has 0 radical (unpaired) electrons. The largest absolute Gasteiger partial charge is 0.416 e. The van der Waals surface area contributed by atoms with Gasteiger partial charge in [-0.2, -0.15) is 13.2 Å². The first-order valence-electron chi connectivity index (χ1n) is 5.04. The highest BCUT2D eigenvalue weighted by Crippen LogP contribution is 2.33. The predicted molar refractivity (Wildman–Crippen MR) is 65.1 cm³/mol. The van der Waals surface area contributed by atoms with E-state index in [9.17, 15) is 13.2 Å². The summed E-state index contributed by atoms with van der Waals surface area (Å²) in [6.45, 7) is 0.462. The normalized spacial score (nSPS) is 11.6. The van der Waals surface area contributed by atoms with E-state index in [-0.39, 0.29) is 0 Å². The number of H-pyrrole nitrogens is 1. The summed E-state index contributed by atoms with van der Waals surface area (Å²) in [7, 11) is 0. The van der Waals surface area contributed by atoms with Gasteiger partial charge in [0.05, 0.1) is 24.1 Å². The Balaban J connectivity index is 2.10. The van der Waals surface area contributed by atoms with Crippen LogP contribution in [0.3, 0.4) is 0 Å². The zero-order valence-corrected chi connectivity index (χ0v) is 10.6. The molecule has 0 saturated heterocycles. The Labute approximate surface area is 110 Å². The summed E-state index contributed by atoms with van der Waals surface area (Å²) < 4.78 is 37.7. The third-order valence-electron chi connectivity index (χ3n) is 2.32. The quantitative estimate of drug-likeness (QED) is 0.903. The van der Waals surface area contributed by atoms with Gasteiger partial charge in [0.15, 0.2) is 0 Å². The maximum atomic E-state index is 12.5. The van der Waals surface area contributed by atoms with E-state index in [0.717, 1.165) is 17.8 Å². The van der Waals surface area contributed by atoms with Crippen LogP contribution in [0.2, 0.25) is 0 Å². The summed E-state index contributed by atoms with van der Waals surface area (Å²) in [6.07, 6.45) is -1.14. The second kappa shape index (κ2) is 5.01. The Morgan fingerprint density at radius 2 is 2.11 bits per heavy atom. The third kappa shape index (κ3) is 3.04. The molecule has 1 aromatic carbocycles. The molecule has 2 N–H and O–H groups in total. The van der Waals surface area contributed by atoms with Crippen molar-refractivity contribution < 1.29 is 13.2 Å². The van der Waals surface area contributed by atoms with Crippen LogP contribution in [-0.4, -0.2) is 9.97 Å². The fraction of sp³-hybridized carbons (Fsp3) is 0.182. The summed E-state index contributed by atoms with van der Waals surface area (Å²) in [5.74, 6) is 0. The first-order chi connectivity index (χ1) is 8.47. The summed E-state index contributed by atoms with van der Waals surface area (Å²) in [6, 6.07) is 3.48. The number of anilines is 1. The lowest BCUT2D eigenvalue weighted by Gasteiger charge is -2.11. The fourth-order valence-corrected chi connectivity index (χ4v) is 1.93. The number of imidazole rings is 1. The Morgan fingerprint density at radius 1 is 1.33 bits per heavy atom. The highest BCUT2D eigenvalue weighted by Gasteiger charge is 2.30. The van der Waals surface area contributed by atoms with Gasteiger partial charge in [0.25, 0.3) is 0 Å². The summed E-state index contributed by atoms with van der Waals surface area (Å²) in [5, 5.41) is 3.01. The Morgan fingerprint density at radius 3 is 2.67 bits per heavy atom. The molecule has 2 rings (SSSR count). The van der Waals surface area contributed by atoms with Crippen LogP contribution in [0, 0.1) is 0 Å². The number of nitrogens with one attached hydrogen (secondary N) is 2. The van der Waals surface area contributed by atoms with Crippen LogP contribution in [-0.2, 0) is 12.7 Å². The van der Waals surface area contributed by atoms with E-state index in [1.165, 1.54) is 6.07 Å². The minimum absolute atomic E-state index is 0.372. The van der Waals surface area contributed by atoms with E-state index >= 15 is 0 Å². The van der Waals surface area contributed by atoms with Gasteiger partial charge in [0.1, 0.15) is 0 Å². The van der Waals surface area contributed by atoms with Crippen LogP contribution in [0.25, 0.3) is 0 Å². The number of hydrogen-bond acceptors (Lipinski definition) is 2. The van der Waals surface area contributed by atoms with Gasteiger partial charge in [-0.05, 0) is 34.1 Å². The minimum Gasteiger partial charge on any atom is -0.379 e. The molecule has 7 heteroatoms. The van der Waals surface area contributed by atoms with Crippen molar-refractivity contribution >= 4 is 21.6 Å². The second-order valence-electron chi connectivity index (χ2n) is 3.62. The van der Waals surface area contributed by atoms with Crippen LogP contribution < -0.4 is 5.32 Å². The van der Waals surface area contributed by atoms with E-state index in [1.807, 2.05) is 0 Å². The SMILES string of the molecule is FC(F)(F)c1ccc(NCc2cnc[nH]2)c(Br)c1. The number of rotatable bonds is 3. The molecular formula is C11H9BrF3N3. The molecule has 0 aliphatic carbocycles. The molecule has 1 heterocycles. The average molecular weight is 320 g/mol.